The van der Waals surface area contributed by atoms with Gasteiger partial charge in [-0.05, 0) is 45.7 Å². The Labute approximate surface area is 99.2 Å². The van der Waals surface area contributed by atoms with Crippen LogP contribution in [0.15, 0.2) is 0 Å². The maximum atomic E-state index is 3.78. The number of nitrogens with one attached hydrogen (secondary N) is 1. The quantitative estimate of drug-likeness (QED) is 0.713. The summed E-state index contributed by atoms with van der Waals surface area (Å²) in [5.74, 6) is 0. The first-order valence-electron chi connectivity index (χ1n) is 7.00. The monoisotopic (exact) mass is 223 g/mol. The van der Waals surface area contributed by atoms with Crippen LogP contribution in [0.2, 0.25) is 0 Å². The molecule has 3 heteroatoms. The highest BCUT2D eigenvalue weighted by Crippen LogP contribution is 2.24. The first-order valence-corrected chi connectivity index (χ1v) is 7.00. The van der Waals surface area contributed by atoms with Crippen molar-refractivity contribution in [2.45, 2.75) is 50.2 Å². The third-order valence-corrected chi connectivity index (χ3v) is 4.67. The van der Waals surface area contributed by atoms with Crippen LogP contribution >= 0.6 is 0 Å². The van der Waals surface area contributed by atoms with Crippen LogP contribution < -0.4 is 5.32 Å². The molecule has 0 aromatic carbocycles. The van der Waals surface area contributed by atoms with Crippen LogP contribution in [0.25, 0.3) is 0 Å². The molecule has 0 amide bonds. The molecule has 3 unspecified atom stereocenters. The maximum absolute atomic E-state index is 3.78. The Morgan fingerprint density at radius 1 is 0.938 bits per heavy atom. The van der Waals surface area contributed by atoms with Crippen LogP contribution in [0, 0.1) is 0 Å². The Morgan fingerprint density at radius 3 is 2.69 bits per heavy atom. The van der Waals surface area contributed by atoms with Gasteiger partial charge >= 0.3 is 0 Å². The Kier molecular flexibility index (Phi) is 3.18. The van der Waals surface area contributed by atoms with E-state index in [9.17, 15) is 0 Å². The van der Waals surface area contributed by atoms with Gasteiger partial charge in [-0.1, -0.05) is 0 Å². The third-order valence-electron chi connectivity index (χ3n) is 4.67. The molecule has 3 atom stereocenters. The average molecular weight is 223 g/mol. The molecule has 3 aliphatic rings. The van der Waals surface area contributed by atoms with Gasteiger partial charge in [0.2, 0.25) is 0 Å². The number of likely N-dealkylation sites (N-methyl/N-ethyl adjacent to an activating group) is 1. The first-order chi connectivity index (χ1) is 7.81. The minimum atomic E-state index is 0.791. The Hall–Kier alpha value is -0.120. The minimum Gasteiger partial charge on any atom is -0.310 e. The van der Waals surface area contributed by atoms with Crippen molar-refractivity contribution in [1.82, 2.24) is 15.1 Å². The molecular weight excluding hydrogens is 198 g/mol. The molecule has 3 heterocycles. The topological polar surface area (TPSA) is 18.5 Å². The van der Waals surface area contributed by atoms with Crippen LogP contribution in [-0.4, -0.2) is 61.2 Å². The van der Waals surface area contributed by atoms with Crippen molar-refractivity contribution in [3.63, 3.8) is 0 Å². The van der Waals surface area contributed by atoms with E-state index < -0.39 is 0 Å². The van der Waals surface area contributed by atoms with Crippen molar-refractivity contribution in [3.05, 3.63) is 0 Å². The van der Waals surface area contributed by atoms with Crippen molar-refractivity contribution >= 4 is 0 Å². The van der Waals surface area contributed by atoms with Crippen LogP contribution in [0.5, 0.6) is 0 Å². The van der Waals surface area contributed by atoms with E-state index in [-0.39, 0.29) is 0 Å². The highest BCUT2D eigenvalue weighted by molar-refractivity contribution is 4.92. The summed E-state index contributed by atoms with van der Waals surface area (Å²) in [7, 11) is 2.27. The zero-order valence-electron chi connectivity index (χ0n) is 10.5. The number of rotatable bonds is 1. The van der Waals surface area contributed by atoms with Crippen molar-refractivity contribution in [3.8, 4) is 0 Å². The number of fused-ring (bicyclic) bond motifs is 2. The van der Waals surface area contributed by atoms with E-state index in [0.717, 1.165) is 18.1 Å². The fraction of sp³-hybridized carbons (Fsp3) is 1.00. The minimum absolute atomic E-state index is 0.791. The van der Waals surface area contributed by atoms with Crippen LogP contribution in [0.4, 0.5) is 0 Å². The second-order valence-corrected chi connectivity index (χ2v) is 5.98. The molecule has 3 aliphatic heterocycles. The Balaban J connectivity index is 1.61. The molecule has 0 saturated carbocycles. The van der Waals surface area contributed by atoms with E-state index in [1.165, 1.54) is 58.3 Å². The largest absolute Gasteiger partial charge is 0.310 e. The van der Waals surface area contributed by atoms with Crippen LogP contribution in [0.1, 0.15) is 32.1 Å². The summed E-state index contributed by atoms with van der Waals surface area (Å²) in [5.41, 5.74) is 0. The average Bonchev–Trinajstić information content (AvgIpc) is 2.58. The summed E-state index contributed by atoms with van der Waals surface area (Å²) in [4.78, 5) is 5.28. The predicted molar refractivity (Wildman–Crippen MR) is 66.7 cm³/mol. The normalized spacial score (nSPS) is 42.2. The molecular formula is C13H25N3. The Bertz CT molecular complexity index is 243. The second kappa shape index (κ2) is 4.63. The summed E-state index contributed by atoms with van der Waals surface area (Å²) in [6.45, 7) is 5.22. The predicted octanol–water partition coefficient (Wildman–Crippen LogP) is 0.907. The summed E-state index contributed by atoms with van der Waals surface area (Å²) in [5, 5.41) is 3.78. The standard InChI is InChI=1S/C13H25N3/c1-15-7-2-3-13(10-15)16-8-6-11-4-5-12(9-16)14-11/h11-14H,2-10H2,1H3. The van der Waals surface area contributed by atoms with Gasteiger partial charge in [0.25, 0.3) is 0 Å². The zero-order chi connectivity index (χ0) is 11.0. The smallest absolute Gasteiger partial charge is 0.0224 e. The Morgan fingerprint density at radius 2 is 1.81 bits per heavy atom. The number of likely N-dealkylation sites (tertiary alicyclic amines) is 2. The molecule has 1 N–H and O–H groups in total. The number of nitrogens with zero attached hydrogens (tertiary/aromatic N) is 2. The van der Waals surface area contributed by atoms with Crippen molar-refractivity contribution in [2.75, 3.05) is 33.2 Å². The lowest BCUT2D eigenvalue weighted by atomic mass is 10.0. The van der Waals surface area contributed by atoms with Gasteiger partial charge in [0.05, 0.1) is 0 Å². The van der Waals surface area contributed by atoms with E-state index in [4.69, 9.17) is 0 Å². The zero-order valence-corrected chi connectivity index (χ0v) is 10.5. The van der Waals surface area contributed by atoms with Gasteiger partial charge in [0.15, 0.2) is 0 Å². The number of hydrogen-bond acceptors (Lipinski definition) is 3. The van der Waals surface area contributed by atoms with Crippen molar-refractivity contribution < 1.29 is 0 Å². The fourth-order valence-corrected chi connectivity index (χ4v) is 3.74. The van der Waals surface area contributed by atoms with Crippen LogP contribution in [-0.2, 0) is 0 Å². The van der Waals surface area contributed by atoms with Gasteiger partial charge in [-0.3, -0.25) is 4.90 Å². The molecule has 16 heavy (non-hydrogen) atoms. The van der Waals surface area contributed by atoms with E-state index in [1.807, 2.05) is 0 Å². The molecule has 92 valence electrons. The van der Waals surface area contributed by atoms with E-state index in [2.05, 4.69) is 22.2 Å². The lowest BCUT2D eigenvalue weighted by Gasteiger charge is -2.38. The van der Waals surface area contributed by atoms with E-state index in [0.29, 0.717) is 0 Å². The lowest BCUT2D eigenvalue weighted by Crippen LogP contribution is -2.49. The van der Waals surface area contributed by atoms with Gasteiger partial charge in [0.1, 0.15) is 0 Å². The number of piperidine rings is 1. The number of hydrogen-bond donors (Lipinski definition) is 1. The molecule has 3 nitrogen and oxygen atoms in total. The maximum Gasteiger partial charge on any atom is 0.0224 e. The summed E-state index contributed by atoms with van der Waals surface area (Å²) in [6.07, 6.45) is 7.00. The van der Waals surface area contributed by atoms with Crippen LogP contribution in [0.3, 0.4) is 0 Å². The van der Waals surface area contributed by atoms with Crippen molar-refractivity contribution in [1.29, 1.82) is 0 Å². The molecule has 0 aromatic heterocycles. The molecule has 3 saturated heterocycles. The van der Waals surface area contributed by atoms with Gasteiger partial charge < -0.3 is 10.2 Å². The lowest BCUT2D eigenvalue weighted by molar-refractivity contribution is 0.107. The molecule has 0 radical (unpaired) electrons. The summed E-state index contributed by atoms with van der Waals surface area (Å²) >= 11 is 0. The van der Waals surface area contributed by atoms with Crippen molar-refractivity contribution in [2.24, 2.45) is 0 Å². The molecule has 3 fully saturated rings. The SMILES string of the molecule is CN1CCCC(N2CCC3CCC(C2)N3)C1. The third kappa shape index (κ3) is 2.27. The fourth-order valence-electron chi connectivity index (χ4n) is 3.74. The van der Waals surface area contributed by atoms with Gasteiger partial charge in [0, 0.05) is 37.8 Å². The first kappa shape index (κ1) is 11.0. The summed E-state index contributed by atoms with van der Waals surface area (Å²) in [6, 6.07) is 2.45. The van der Waals surface area contributed by atoms with Gasteiger partial charge in [-0.15, -0.1) is 0 Å². The van der Waals surface area contributed by atoms with Gasteiger partial charge in [-0.2, -0.15) is 0 Å². The van der Waals surface area contributed by atoms with Gasteiger partial charge in [-0.25, -0.2) is 0 Å². The second-order valence-electron chi connectivity index (χ2n) is 5.98. The highest BCUT2D eigenvalue weighted by atomic mass is 15.2. The summed E-state index contributed by atoms with van der Waals surface area (Å²) < 4.78 is 0. The molecule has 0 aromatic rings. The molecule has 3 rings (SSSR count). The van der Waals surface area contributed by atoms with E-state index >= 15 is 0 Å². The molecule has 2 bridgehead atoms. The van der Waals surface area contributed by atoms with E-state index in [1.54, 1.807) is 0 Å². The molecule has 0 spiro atoms. The molecule has 0 aliphatic carbocycles. The highest BCUT2D eigenvalue weighted by Gasteiger charge is 2.32.